The summed E-state index contributed by atoms with van der Waals surface area (Å²) in [5, 5.41) is 0. The van der Waals surface area contributed by atoms with Crippen LogP contribution in [0.4, 0.5) is 0 Å². The summed E-state index contributed by atoms with van der Waals surface area (Å²) in [7, 11) is 0. The van der Waals surface area contributed by atoms with Gasteiger partial charge < -0.3 is 9.47 Å². The first kappa shape index (κ1) is 15.3. The molecule has 22 heavy (non-hydrogen) atoms. The van der Waals surface area contributed by atoms with Crippen LogP contribution in [0.1, 0.15) is 45.6 Å². The first-order chi connectivity index (χ1) is 10.4. The van der Waals surface area contributed by atoms with Gasteiger partial charge in [-0.05, 0) is 57.6 Å². The van der Waals surface area contributed by atoms with Gasteiger partial charge in [-0.15, -0.1) is 0 Å². The summed E-state index contributed by atoms with van der Waals surface area (Å²) in [5.41, 5.74) is 0.526. The van der Waals surface area contributed by atoms with Crippen molar-refractivity contribution >= 4 is 12.0 Å². The molecule has 0 amide bonds. The number of fused-ring (bicyclic) bond motifs is 3. The Balaban J connectivity index is 1.64. The van der Waals surface area contributed by atoms with Crippen molar-refractivity contribution in [2.24, 2.45) is 5.92 Å². The molecule has 1 saturated carbocycles. The Kier molecular flexibility index (Phi) is 3.85. The second kappa shape index (κ2) is 5.54. The minimum atomic E-state index is -0.353. The average molecular weight is 300 g/mol. The van der Waals surface area contributed by atoms with Crippen LogP contribution in [0, 0.1) is 5.92 Å². The predicted octanol–water partition coefficient (Wildman–Crippen LogP) is 3.98. The van der Waals surface area contributed by atoms with Crippen molar-refractivity contribution in [3.63, 3.8) is 0 Å². The number of carbonyl (C=O) groups excluding carboxylic acids is 1. The van der Waals surface area contributed by atoms with Gasteiger partial charge in [0.2, 0.25) is 0 Å². The summed E-state index contributed by atoms with van der Waals surface area (Å²) in [6, 6.07) is 9.76. The molecule has 2 saturated heterocycles. The lowest BCUT2D eigenvalue weighted by molar-refractivity contribution is -0.277. The van der Waals surface area contributed by atoms with Crippen LogP contribution >= 0.6 is 0 Å². The average Bonchev–Trinajstić information content (AvgIpc) is 2.47. The fraction of sp³-hybridized carbons (Fsp3) is 0.526. The third kappa shape index (κ3) is 2.95. The molecule has 3 nitrogen and oxygen atoms in total. The molecule has 1 aromatic rings. The minimum Gasteiger partial charge on any atom is -0.456 e. The zero-order chi connectivity index (χ0) is 15.8. The van der Waals surface area contributed by atoms with E-state index >= 15 is 0 Å². The number of benzene rings is 1. The molecule has 118 valence electrons. The summed E-state index contributed by atoms with van der Waals surface area (Å²) < 4.78 is 11.9. The van der Waals surface area contributed by atoms with Gasteiger partial charge in [-0.1, -0.05) is 30.3 Å². The number of ether oxygens (including phenoxy) is 2. The maximum absolute atomic E-state index is 12.1. The second-order valence-electron chi connectivity index (χ2n) is 7.16. The molecule has 0 aromatic heterocycles. The smallest absolute Gasteiger partial charge is 0.331 e. The van der Waals surface area contributed by atoms with Crippen LogP contribution in [-0.4, -0.2) is 23.3 Å². The number of hydrogen-bond acceptors (Lipinski definition) is 3. The van der Waals surface area contributed by atoms with E-state index in [-0.39, 0.29) is 23.3 Å². The molecule has 4 rings (SSSR count). The molecule has 3 aliphatic rings. The van der Waals surface area contributed by atoms with E-state index in [1.54, 1.807) is 6.08 Å². The highest BCUT2D eigenvalue weighted by Crippen LogP contribution is 2.50. The topological polar surface area (TPSA) is 35.5 Å². The molecular weight excluding hydrogens is 276 g/mol. The largest absolute Gasteiger partial charge is 0.456 e. The highest BCUT2D eigenvalue weighted by molar-refractivity contribution is 5.87. The van der Waals surface area contributed by atoms with Crippen LogP contribution < -0.4 is 0 Å². The molecular formula is C19H24O3. The van der Waals surface area contributed by atoms with Gasteiger partial charge in [0.15, 0.2) is 0 Å². The molecule has 3 fully saturated rings. The summed E-state index contributed by atoms with van der Waals surface area (Å²) in [6.07, 6.45) is 6.16. The summed E-state index contributed by atoms with van der Waals surface area (Å²) >= 11 is 0. The highest BCUT2D eigenvalue weighted by Gasteiger charge is 2.55. The van der Waals surface area contributed by atoms with Crippen LogP contribution in [0.2, 0.25) is 0 Å². The number of rotatable bonds is 3. The zero-order valence-corrected chi connectivity index (χ0v) is 13.5. The molecule has 0 N–H and O–H groups in total. The third-order valence-electron chi connectivity index (χ3n) is 5.12. The van der Waals surface area contributed by atoms with Crippen molar-refractivity contribution in [1.82, 2.24) is 0 Å². The van der Waals surface area contributed by atoms with Crippen molar-refractivity contribution in [1.29, 1.82) is 0 Å². The molecule has 2 aliphatic heterocycles. The van der Waals surface area contributed by atoms with Crippen LogP contribution in [0.5, 0.6) is 0 Å². The molecule has 2 bridgehead atoms. The van der Waals surface area contributed by atoms with Gasteiger partial charge in [0.1, 0.15) is 11.7 Å². The van der Waals surface area contributed by atoms with Crippen molar-refractivity contribution < 1.29 is 14.3 Å². The van der Waals surface area contributed by atoms with E-state index in [1.807, 2.05) is 30.3 Å². The lowest BCUT2D eigenvalue weighted by Crippen LogP contribution is -2.62. The van der Waals surface area contributed by atoms with Gasteiger partial charge in [-0.25, -0.2) is 4.79 Å². The van der Waals surface area contributed by atoms with Gasteiger partial charge in [-0.2, -0.15) is 0 Å². The Bertz CT molecular complexity index is 576. The molecule has 2 heterocycles. The summed E-state index contributed by atoms with van der Waals surface area (Å²) in [4.78, 5) is 12.1. The molecule has 3 atom stereocenters. The Morgan fingerprint density at radius 3 is 2.64 bits per heavy atom. The summed E-state index contributed by atoms with van der Waals surface area (Å²) in [5.74, 6) is 0.175. The molecule has 1 aliphatic carbocycles. The van der Waals surface area contributed by atoms with Gasteiger partial charge in [0, 0.05) is 6.08 Å². The SMILES string of the molecule is CC1(C)OC2(C)CCC1CC2OC(=O)C=Cc1ccccc1. The lowest BCUT2D eigenvalue weighted by atomic mass is 9.67. The van der Waals surface area contributed by atoms with Gasteiger partial charge >= 0.3 is 5.97 Å². The summed E-state index contributed by atoms with van der Waals surface area (Å²) in [6.45, 7) is 6.35. The van der Waals surface area contributed by atoms with E-state index in [2.05, 4.69) is 20.8 Å². The van der Waals surface area contributed by atoms with Crippen LogP contribution in [0.15, 0.2) is 36.4 Å². The highest BCUT2D eigenvalue weighted by atomic mass is 16.6. The van der Waals surface area contributed by atoms with Crippen LogP contribution in [-0.2, 0) is 14.3 Å². The van der Waals surface area contributed by atoms with Crippen LogP contribution in [0.25, 0.3) is 6.08 Å². The van der Waals surface area contributed by atoms with Crippen molar-refractivity contribution in [2.45, 2.75) is 57.3 Å². The van der Waals surface area contributed by atoms with Gasteiger partial charge in [-0.3, -0.25) is 0 Å². The van der Waals surface area contributed by atoms with Crippen molar-refractivity contribution in [3.8, 4) is 0 Å². The molecule has 3 heteroatoms. The molecule has 1 aromatic carbocycles. The molecule has 0 radical (unpaired) electrons. The molecule has 3 unspecified atom stereocenters. The number of hydrogen-bond donors (Lipinski definition) is 0. The van der Waals surface area contributed by atoms with Crippen LogP contribution in [0.3, 0.4) is 0 Å². The lowest BCUT2D eigenvalue weighted by Gasteiger charge is -2.56. The van der Waals surface area contributed by atoms with E-state index in [0.29, 0.717) is 5.92 Å². The predicted molar refractivity (Wildman–Crippen MR) is 86.3 cm³/mol. The fourth-order valence-corrected chi connectivity index (χ4v) is 3.76. The Labute approximate surface area is 132 Å². The second-order valence-corrected chi connectivity index (χ2v) is 7.16. The maximum atomic E-state index is 12.1. The van der Waals surface area contributed by atoms with Crippen molar-refractivity contribution in [3.05, 3.63) is 42.0 Å². The monoisotopic (exact) mass is 300 g/mol. The van der Waals surface area contributed by atoms with E-state index in [9.17, 15) is 4.79 Å². The third-order valence-corrected chi connectivity index (χ3v) is 5.12. The quantitative estimate of drug-likeness (QED) is 0.625. The Hall–Kier alpha value is -1.61. The van der Waals surface area contributed by atoms with E-state index in [0.717, 1.165) is 24.8 Å². The van der Waals surface area contributed by atoms with E-state index in [4.69, 9.17) is 9.47 Å². The number of carbonyl (C=O) groups is 1. The molecule has 0 spiro atoms. The standard InChI is InChI=1S/C19H24O3/c1-18(2)15-11-12-19(3,22-18)16(13-15)21-17(20)10-9-14-7-5-4-6-8-14/h4-10,15-16H,11-13H2,1-3H3. The number of esters is 1. The Morgan fingerprint density at radius 1 is 1.27 bits per heavy atom. The van der Waals surface area contributed by atoms with Gasteiger partial charge in [0.05, 0.1) is 5.60 Å². The van der Waals surface area contributed by atoms with Gasteiger partial charge in [0.25, 0.3) is 0 Å². The normalized spacial score (nSPS) is 33.0. The van der Waals surface area contributed by atoms with E-state index < -0.39 is 0 Å². The maximum Gasteiger partial charge on any atom is 0.331 e. The minimum absolute atomic E-state index is 0.115. The first-order valence-corrected chi connectivity index (χ1v) is 8.03. The Morgan fingerprint density at radius 2 is 2.00 bits per heavy atom. The fourth-order valence-electron chi connectivity index (χ4n) is 3.76. The zero-order valence-electron chi connectivity index (χ0n) is 13.5. The first-order valence-electron chi connectivity index (χ1n) is 8.03. The van der Waals surface area contributed by atoms with E-state index in [1.165, 1.54) is 6.08 Å². The van der Waals surface area contributed by atoms with Crippen molar-refractivity contribution in [2.75, 3.05) is 0 Å².